The lowest BCUT2D eigenvalue weighted by molar-refractivity contribution is 0.406. The molecule has 1 N–H and O–H groups in total. The standard InChI is InChI=1S/C19H33N/c1-9-12(3)11-18(20-10-2)19-16(7)14(5)13(4)15(6)17(19)8/h12,18,20H,9-11H2,1-8H3. The fourth-order valence-electron chi connectivity index (χ4n) is 3.17. The van der Waals surface area contributed by atoms with Crippen LogP contribution in [0, 0.1) is 40.5 Å². The molecule has 2 unspecified atom stereocenters. The average molecular weight is 275 g/mol. The van der Waals surface area contributed by atoms with Gasteiger partial charge in [-0.25, -0.2) is 0 Å². The topological polar surface area (TPSA) is 12.0 Å². The highest BCUT2D eigenvalue weighted by Gasteiger charge is 2.21. The van der Waals surface area contributed by atoms with Gasteiger partial charge >= 0.3 is 0 Å². The van der Waals surface area contributed by atoms with Gasteiger partial charge in [-0.3, -0.25) is 0 Å². The summed E-state index contributed by atoms with van der Waals surface area (Å²) in [5.74, 6) is 0.764. The molecule has 0 aliphatic rings. The molecule has 0 heterocycles. The highest BCUT2D eigenvalue weighted by atomic mass is 14.9. The summed E-state index contributed by atoms with van der Waals surface area (Å²) in [5, 5.41) is 3.72. The molecule has 0 aliphatic carbocycles. The molecule has 0 saturated heterocycles. The van der Waals surface area contributed by atoms with Gasteiger partial charge in [0.05, 0.1) is 0 Å². The van der Waals surface area contributed by atoms with E-state index in [2.05, 4.69) is 60.7 Å². The van der Waals surface area contributed by atoms with Crippen molar-refractivity contribution in [2.45, 2.75) is 74.3 Å². The van der Waals surface area contributed by atoms with E-state index in [4.69, 9.17) is 0 Å². The third-order valence-corrected chi connectivity index (χ3v) is 5.19. The van der Waals surface area contributed by atoms with Crippen molar-refractivity contribution >= 4 is 0 Å². The van der Waals surface area contributed by atoms with Gasteiger partial charge < -0.3 is 5.32 Å². The zero-order valence-electron chi connectivity index (χ0n) is 14.8. The molecule has 1 aromatic rings. The average Bonchev–Trinajstić information content (AvgIpc) is 2.43. The van der Waals surface area contributed by atoms with Crippen LogP contribution in [0.2, 0.25) is 0 Å². The molecule has 0 aliphatic heterocycles. The Morgan fingerprint density at radius 2 is 1.25 bits per heavy atom. The molecule has 0 bridgehead atoms. The summed E-state index contributed by atoms with van der Waals surface area (Å²) in [7, 11) is 0. The maximum Gasteiger partial charge on any atom is 0.0328 e. The van der Waals surface area contributed by atoms with Gasteiger partial charge in [0.2, 0.25) is 0 Å². The van der Waals surface area contributed by atoms with E-state index in [1.54, 1.807) is 5.56 Å². The number of benzene rings is 1. The predicted octanol–water partition coefficient (Wildman–Crippen LogP) is 5.32. The maximum atomic E-state index is 3.72. The van der Waals surface area contributed by atoms with Gasteiger partial charge in [-0.2, -0.15) is 0 Å². The van der Waals surface area contributed by atoms with E-state index in [0.29, 0.717) is 6.04 Å². The fourth-order valence-corrected chi connectivity index (χ4v) is 3.17. The van der Waals surface area contributed by atoms with Gasteiger partial charge in [-0.15, -0.1) is 0 Å². The second kappa shape index (κ2) is 7.26. The van der Waals surface area contributed by atoms with E-state index >= 15 is 0 Å². The van der Waals surface area contributed by atoms with Crippen molar-refractivity contribution < 1.29 is 0 Å². The van der Waals surface area contributed by atoms with E-state index in [1.165, 1.54) is 40.7 Å². The summed E-state index contributed by atoms with van der Waals surface area (Å²) in [4.78, 5) is 0. The molecule has 0 radical (unpaired) electrons. The zero-order valence-corrected chi connectivity index (χ0v) is 14.8. The van der Waals surface area contributed by atoms with E-state index in [-0.39, 0.29) is 0 Å². The lowest BCUT2D eigenvalue weighted by atomic mass is 9.83. The van der Waals surface area contributed by atoms with Gasteiger partial charge in [-0.1, -0.05) is 27.2 Å². The Morgan fingerprint density at radius 1 is 0.800 bits per heavy atom. The monoisotopic (exact) mass is 275 g/mol. The van der Waals surface area contributed by atoms with E-state index in [9.17, 15) is 0 Å². The molecule has 0 saturated carbocycles. The van der Waals surface area contributed by atoms with Gasteiger partial charge in [0.15, 0.2) is 0 Å². The van der Waals surface area contributed by atoms with Gasteiger partial charge in [0.25, 0.3) is 0 Å². The Labute approximate surface area is 126 Å². The first kappa shape index (κ1) is 17.2. The molecule has 0 amide bonds. The number of nitrogens with one attached hydrogen (secondary N) is 1. The lowest BCUT2D eigenvalue weighted by Crippen LogP contribution is -2.25. The third-order valence-electron chi connectivity index (χ3n) is 5.19. The molecule has 20 heavy (non-hydrogen) atoms. The highest BCUT2D eigenvalue weighted by molar-refractivity contribution is 5.50. The van der Waals surface area contributed by atoms with Gasteiger partial charge in [-0.05, 0) is 86.9 Å². The van der Waals surface area contributed by atoms with Crippen LogP contribution in [0.1, 0.15) is 73.0 Å². The smallest absolute Gasteiger partial charge is 0.0328 e. The van der Waals surface area contributed by atoms with Crippen LogP contribution in [-0.2, 0) is 0 Å². The highest BCUT2D eigenvalue weighted by Crippen LogP contribution is 2.33. The van der Waals surface area contributed by atoms with Crippen LogP contribution in [-0.4, -0.2) is 6.54 Å². The summed E-state index contributed by atoms with van der Waals surface area (Å²) in [6.45, 7) is 19.3. The van der Waals surface area contributed by atoms with Crippen molar-refractivity contribution in [2.24, 2.45) is 5.92 Å². The quantitative estimate of drug-likeness (QED) is 0.741. The predicted molar refractivity (Wildman–Crippen MR) is 90.6 cm³/mol. The molecule has 2 atom stereocenters. The van der Waals surface area contributed by atoms with Crippen molar-refractivity contribution in [3.63, 3.8) is 0 Å². The third kappa shape index (κ3) is 3.44. The molecule has 114 valence electrons. The van der Waals surface area contributed by atoms with E-state index in [1.807, 2.05) is 0 Å². The first-order valence-corrected chi connectivity index (χ1v) is 8.15. The Kier molecular flexibility index (Phi) is 6.26. The maximum absolute atomic E-state index is 3.72. The van der Waals surface area contributed by atoms with E-state index in [0.717, 1.165) is 12.5 Å². The van der Waals surface area contributed by atoms with Crippen molar-refractivity contribution in [2.75, 3.05) is 6.54 Å². The Bertz CT molecular complexity index is 430. The fraction of sp³-hybridized carbons (Fsp3) is 0.684. The molecule has 0 aromatic heterocycles. The van der Waals surface area contributed by atoms with Crippen molar-refractivity contribution in [3.8, 4) is 0 Å². The number of rotatable bonds is 6. The van der Waals surface area contributed by atoms with Gasteiger partial charge in [0, 0.05) is 6.04 Å². The van der Waals surface area contributed by atoms with Crippen molar-refractivity contribution in [1.82, 2.24) is 5.32 Å². The number of hydrogen-bond donors (Lipinski definition) is 1. The summed E-state index contributed by atoms with van der Waals surface area (Å²) in [5.41, 5.74) is 8.92. The molecule has 1 rings (SSSR count). The Morgan fingerprint density at radius 3 is 1.65 bits per heavy atom. The largest absolute Gasteiger partial charge is 0.310 e. The summed E-state index contributed by atoms with van der Waals surface area (Å²) < 4.78 is 0. The minimum Gasteiger partial charge on any atom is -0.310 e. The van der Waals surface area contributed by atoms with Gasteiger partial charge in [0.1, 0.15) is 0 Å². The molecule has 0 fully saturated rings. The van der Waals surface area contributed by atoms with Crippen LogP contribution in [0.25, 0.3) is 0 Å². The van der Waals surface area contributed by atoms with Crippen LogP contribution >= 0.6 is 0 Å². The minimum atomic E-state index is 0.493. The molecule has 1 nitrogen and oxygen atoms in total. The molecule has 1 heteroatoms. The van der Waals surface area contributed by atoms with Crippen molar-refractivity contribution in [1.29, 1.82) is 0 Å². The van der Waals surface area contributed by atoms with Crippen LogP contribution < -0.4 is 5.32 Å². The molecular formula is C19H33N. The molecule has 0 spiro atoms. The zero-order chi connectivity index (χ0) is 15.4. The van der Waals surface area contributed by atoms with Crippen molar-refractivity contribution in [3.05, 3.63) is 33.4 Å². The van der Waals surface area contributed by atoms with Crippen LogP contribution in [0.5, 0.6) is 0 Å². The van der Waals surface area contributed by atoms with E-state index < -0.39 is 0 Å². The normalized spacial score (nSPS) is 14.4. The Balaban J connectivity index is 3.32. The second-order valence-electron chi connectivity index (χ2n) is 6.40. The summed E-state index contributed by atoms with van der Waals surface area (Å²) in [6, 6.07) is 0.493. The lowest BCUT2D eigenvalue weighted by Gasteiger charge is -2.28. The summed E-state index contributed by atoms with van der Waals surface area (Å²) >= 11 is 0. The molecule has 1 aromatic carbocycles. The summed E-state index contributed by atoms with van der Waals surface area (Å²) in [6.07, 6.45) is 2.48. The SMILES string of the molecule is CCNC(CC(C)CC)c1c(C)c(C)c(C)c(C)c1C. The van der Waals surface area contributed by atoms with Crippen LogP contribution in [0.4, 0.5) is 0 Å². The number of hydrogen-bond acceptors (Lipinski definition) is 1. The van der Waals surface area contributed by atoms with Crippen LogP contribution in [0.3, 0.4) is 0 Å². The second-order valence-corrected chi connectivity index (χ2v) is 6.40. The van der Waals surface area contributed by atoms with Crippen LogP contribution in [0.15, 0.2) is 0 Å². The first-order valence-electron chi connectivity index (χ1n) is 8.15. The Hall–Kier alpha value is -0.820. The minimum absolute atomic E-state index is 0.493. The molecular weight excluding hydrogens is 242 g/mol. The first-order chi connectivity index (χ1) is 9.34.